The van der Waals surface area contributed by atoms with Crippen LogP contribution in [0.2, 0.25) is 0 Å². The number of ether oxygens (including phenoxy) is 2. The predicted octanol–water partition coefficient (Wildman–Crippen LogP) is 2.18. The summed E-state index contributed by atoms with van der Waals surface area (Å²) in [5.41, 5.74) is 1.46. The molecule has 0 bridgehead atoms. The lowest BCUT2D eigenvalue weighted by Crippen LogP contribution is -2.23. The van der Waals surface area contributed by atoms with Crippen molar-refractivity contribution in [1.29, 1.82) is 5.26 Å². The number of rotatable bonds is 6. The molecule has 0 spiro atoms. The molecule has 0 fully saturated rings. The summed E-state index contributed by atoms with van der Waals surface area (Å²) in [6.07, 6.45) is 0. The van der Waals surface area contributed by atoms with Crippen LogP contribution in [0.1, 0.15) is 26.3 Å². The third-order valence-electron chi connectivity index (χ3n) is 3.56. The first-order valence-corrected chi connectivity index (χ1v) is 7.83. The number of nitrogens with zero attached hydrogens (tertiary/aromatic N) is 1. The smallest absolute Gasteiger partial charge is 0.339 e. The van der Waals surface area contributed by atoms with E-state index in [2.05, 4.69) is 20.1 Å². The highest BCUT2D eigenvalue weighted by atomic mass is 16.5. The van der Waals surface area contributed by atoms with Gasteiger partial charge in [-0.2, -0.15) is 5.26 Å². The highest BCUT2D eigenvalue weighted by Gasteiger charge is 2.17. The average Bonchev–Trinajstić information content (AvgIpc) is 2.71. The minimum absolute atomic E-state index is 0.102. The zero-order valence-electron chi connectivity index (χ0n) is 14.7. The van der Waals surface area contributed by atoms with Crippen LogP contribution in [0.3, 0.4) is 0 Å². The third kappa shape index (κ3) is 5.06. The van der Waals surface area contributed by atoms with Crippen molar-refractivity contribution >= 4 is 29.2 Å². The fourth-order valence-corrected chi connectivity index (χ4v) is 2.26. The van der Waals surface area contributed by atoms with Crippen molar-refractivity contribution < 1.29 is 23.9 Å². The zero-order chi connectivity index (χ0) is 19.8. The molecule has 2 rings (SSSR count). The minimum atomic E-state index is -0.656. The Morgan fingerprint density at radius 3 is 2.44 bits per heavy atom. The van der Waals surface area contributed by atoms with Crippen molar-refractivity contribution in [3.05, 3.63) is 59.2 Å². The van der Waals surface area contributed by atoms with Gasteiger partial charge in [0.25, 0.3) is 0 Å². The molecule has 27 heavy (non-hydrogen) atoms. The fraction of sp³-hybridized carbons (Fsp3) is 0.158. The Hall–Kier alpha value is -3.86. The second-order valence-electron chi connectivity index (χ2n) is 5.34. The van der Waals surface area contributed by atoms with Crippen molar-refractivity contribution in [3.63, 3.8) is 0 Å². The maximum absolute atomic E-state index is 12.2. The summed E-state index contributed by atoms with van der Waals surface area (Å²) in [5, 5.41) is 14.3. The Labute approximate surface area is 155 Å². The summed E-state index contributed by atoms with van der Waals surface area (Å²) in [6, 6.07) is 12.8. The molecule has 0 aliphatic carbocycles. The molecule has 2 N–H and O–H groups in total. The van der Waals surface area contributed by atoms with Gasteiger partial charge in [0, 0.05) is 5.69 Å². The number of nitriles is 1. The number of hydrogen-bond donors (Lipinski definition) is 2. The summed E-state index contributed by atoms with van der Waals surface area (Å²) in [6.45, 7) is -0.113. The van der Waals surface area contributed by atoms with E-state index in [1.165, 1.54) is 32.4 Å². The first-order chi connectivity index (χ1) is 13.0. The molecule has 0 saturated heterocycles. The maximum Gasteiger partial charge on any atom is 0.339 e. The Balaban J connectivity index is 2.15. The van der Waals surface area contributed by atoms with E-state index in [4.69, 9.17) is 5.26 Å². The molecule has 0 aliphatic rings. The van der Waals surface area contributed by atoms with Crippen LogP contribution in [0.5, 0.6) is 0 Å². The molecule has 0 saturated carbocycles. The van der Waals surface area contributed by atoms with Gasteiger partial charge in [-0.1, -0.05) is 6.07 Å². The number of anilines is 2. The minimum Gasteiger partial charge on any atom is -0.465 e. The number of benzene rings is 2. The largest absolute Gasteiger partial charge is 0.465 e. The van der Waals surface area contributed by atoms with Gasteiger partial charge in [0.05, 0.1) is 49.2 Å². The van der Waals surface area contributed by atoms with E-state index in [0.717, 1.165) is 0 Å². The SMILES string of the molecule is COC(=O)c1ccc(C(=O)OC)c(NC(=O)CNc2cccc(C#N)c2)c1. The fourth-order valence-electron chi connectivity index (χ4n) is 2.26. The lowest BCUT2D eigenvalue weighted by atomic mass is 10.1. The molecule has 8 heteroatoms. The summed E-state index contributed by atoms with van der Waals surface area (Å²) < 4.78 is 9.33. The molecule has 0 aliphatic heterocycles. The molecular formula is C19H17N3O5. The van der Waals surface area contributed by atoms with Crippen LogP contribution < -0.4 is 10.6 Å². The van der Waals surface area contributed by atoms with E-state index in [1.807, 2.05) is 6.07 Å². The number of hydrogen-bond acceptors (Lipinski definition) is 7. The predicted molar refractivity (Wildman–Crippen MR) is 97.4 cm³/mol. The molecule has 138 valence electrons. The molecule has 0 aromatic heterocycles. The molecule has 0 unspecified atom stereocenters. The zero-order valence-corrected chi connectivity index (χ0v) is 14.7. The normalized spacial score (nSPS) is 9.67. The first-order valence-electron chi connectivity index (χ1n) is 7.83. The van der Waals surface area contributed by atoms with Gasteiger partial charge in [-0.25, -0.2) is 9.59 Å². The third-order valence-corrected chi connectivity index (χ3v) is 3.56. The van der Waals surface area contributed by atoms with Crippen molar-refractivity contribution in [2.75, 3.05) is 31.4 Å². The van der Waals surface area contributed by atoms with Crippen molar-refractivity contribution in [2.24, 2.45) is 0 Å². The van der Waals surface area contributed by atoms with Crippen LogP contribution in [0, 0.1) is 11.3 Å². The Morgan fingerprint density at radius 1 is 1.04 bits per heavy atom. The van der Waals surface area contributed by atoms with Gasteiger partial charge in [0.1, 0.15) is 0 Å². The van der Waals surface area contributed by atoms with Gasteiger partial charge < -0.3 is 20.1 Å². The monoisotopic (exact) mass is 367 g/mol. The second kappa shape index (κ2) is 9.01. The number of carbonyl (C=O) groups is 3. The highest BCUT2D eigenvalue weighted by molar-refractivity contribution is 6.04. The summed E-state index contributed by atoms with van der Waals surface area (Å²) in [4.78, 5) is 35.8. The molecule has 0 radical (unpaired) electrons. The van der Waals surface area contributed by atoms with E-state index in [1.54, 1.807) is 24.3 Å². The molecular weight excluding hydrogens is 350 g/mol. The Morgan fingerprint density at radius 2 is 1.78 bits per heavy atom. The van der Waals surface area contributed by atoms with Gasteiger partial charge >= 0.3 is 11.9 Å². The van der Waals surface area contributed by atoms with Gasteiger partial charge in [0.2, 0.25) is 5.91 Å². The summed E-state index contributed by atoms with van der Waals surface area (Å²) in [5.74, 6) is -1.71. The van der Waals surface area contributed by atoms with Crippen molar-refractivity contribution in [1.82, 2.24) is 0 Å². The standard InChI is InChI=1S/C19H17N3O5/c1-26-18(24)13-6-7-15(19(25)27-2)16(9-13)22-17(23)11-21-14-5-3-4-12(8-14)10-20/h3-9,21H,11H2,1-2H3,(H,22,23). The molecule has 8 nitrogen and oxygen atoms in total. The Bertz CT molecular complexity index is 918. The van der Waals surface area contributed by atoms with Crippen molar-refractivity contribution in [3.8, 4) is 6.07 Å². The van der Waals surface area contributed by atoms with Crippen molar-refractivity contribution in [2.45, 2.75) is 0 Å². The first kappa shape index (κ1) is 19.5. The quantitative estimate of drug-likeness (QED) is 0.751. The lowest BCUT2D eigenvalue weighted by molar-refractivity contribution is -0.114. The molecule has 0 atom stereocenters. The van der Waals surface area contributed by atoms with Crippen LogP contribution >= 0.6 is 0 Å². The highest BCUT2D eigenvalue weighted by Crippen LogP contribution is 2.20. The maximum atomic E-state index is 12.2. The topological polar surface area (TPSA) is 118 Å². The van der Waals surface area contributed by atoms with Crippen LogP contribution in [0.25, 0.3) is 0 Å². The van der Waals surface area contributed by atoms with E-state index < -0.39 is 17.8 Å². The van der Waals surface area contributed by atoms with E-state index in [9.17, 15) is 14.4 Å². The van der Waals surface area contributed by atoms with E-state index >= 15 is 0 Å². The Kier molecular flexibility index (Phi) is 6.49. The van der Waals surface area contributed by atoms with Crippen LogP contribution in [-0.4, -0.2) is 38.6 Å². The number of methoxy groups -OCH3 is 2. The number of esters is 2. The molecule has 1 amide bonds. The van der Waals surface area contributed by atoms with Gasteiger partial charge in [0.15, 0.2) is 0 Å². The second-order valence-corrected chi connectivity index (χ2v) is 5.34. The van der Waals surface area contributed by atoms with E-state index in [0.29, 0.717) is 11.3 Å². The summed E-state index contributed by atoms with van der Waals surface area (Å²) in [7, 11) is 2.44. The molecule has 2 aromatic rings. The van der Waals surface area contributed by atoms with Crippen LogP contribution in [0.4, 0.5) is 11.4 Å². The summed E-state index contributed by atoms with van der Waals surface area (Å²) >= 11 is 0. The number of carbonyl (C=O) groups excluding carboxylic acids is 3. The van der Waals surface area contributed by atoms with Gasteiger partial charge in [-0.15, -0.1) is 0 Å². The van der Waals surface area contributed by atoms with Gasteiger partial charge in [-0.05, 0) is 36.4 Å². The lowest BCUT2D eigenvalue weighted by Gasteiger charge is -2.12. The molecule has 2 aromatic carbocycles. The van der Waals surface area contributed by atoms with E-state index in [-0.39, 0.29) is 23.4 Å². The number of amides is 1. The average molecular weight is 367 g/mol. The molecule has 0 heterocycles. The van der Waals surface area contributed by atoms with Crippen LogP contribution in [-0.2, 0) is 14.3 Å². The van der Waals surface area contributed by atoms with Crippen LogP contribution in [0.15, 0.2) is 42.5 Å². The number of nitrogens with one attached hydrogen (secondary N) is 2. The van der Waals surface area contributed by atoms with Gasteiger partial charge in [-0.3, -0.25) is 4.79 Å².